The number of aromatic hydroxyl groups is 1. The summed E-state index contributed by atoms with van der Waals surface area (Å²) in [6.07, 6.45) is -0.712. The molecule has 182 valence electrons. The minimum Gasteiger partial charge on any atom is -0.506 e. The number of likely N-dealkylation sites (tertiary alicyclic amines) is 1. The molecule has 34 heavy (non-hydrogen) atoms. The zero-order chi connectivity index (χ0) is 24.3. The van der Waals surface area contributed by atoms with Crippen LogP contribution in [0.5, 0.6) is 5.75 Å². The highest BCUT2D eigenvalue weighted by atomic mass is 35.5. The standard InChI is InChI=1S/C24H25ClF3N3O3/c25-21-18(11-19(32)22-20(21)23(33)30-14-29-22)17-4-2-1-3-16(17)12-34-10-7-15-5-8-31(9-6-15)13-24(26,27)28/h1-4,11,14-15,32H,5-10,12-13H2,(H,29,30,33). The molecular weight excluding hydrogens is 471 g/mol. The number of H-pyrrole nitrogens is 1. The number of nitrogens with one attached hydrogen (secondary N) is 1. The smallest absolute Gasteiger partial charge is 0.401 e. The summed E-state index contributed by atoms with van der Waals surface area (Å²) in [4.78, 5) is 20.2. The molecule has 0 bridgehead atoms. The van der Waals surface area contributed by atoms with Crippen LogP contribution in [0, 0.1) is 5.92 Å². The maximum absolute atomic E-state index is 12.5. The van der Waals surface area contributed by atoms with E-state index >= 15 is 0 Å². The molecule has 1 aliphatic heterocycles. The molecule has 0 atom stereocenters. The Kier molecular flexibility index (Phi) is 7.45. The molecule has 2 aromatic carbocycles. The van der Waals surface area contributed by atoms with Crippen molar-refractivity contribution in [2.75, 3.05) is 26.2 Å². The molecule has 1 saturated heterocycles. The highest BCUT2D eigenvalue weighted by molar-refractivity contribution is 6.38. The van der Waals surface area contributed by atoms with E-state index in [1.54, 1.807) is 0 Å². The Balaban J connectivity index is 1.40. The molecule has 1 fully saturated rings. The van der Waals surface area contributed by atoms with Crippen molar-refractivity contribution in [1.82, 2.24) is 14.9 Å². The minimum atomic E-state index is -4.15. The van der Waals surface area contributed by atoms with Crippen molar-refractivity contribution in [3.8, 4) is 16.9 Å². The lowest BCUT2D eigenvalue weighted by Gasteiger charge is -2.32. The lowest BCUT2D eigenvalue weighted by atomic mass is 9.94. The number of aromatic amines is 1. The van der Waals surface area contributed by atoms with Gasteiger partial charge in [0.15, 0.2) is 0 Å². The van der Waals surface area contributed by atoms with E-state index in [9.17, 15) is 23.1 Å². The minimum absolute atomic E-state index is 0.117. The lowest BCUT2D eigenvalue weighted by molar-refractivity contribution is -0.148. The summed E-state index contributed by atoms with van der Waals surface area (Å²) in [5.41, 5.74) is 1.76. The Hall–Kier alpha value is -2.62. The van der Waals surface area contributed by atoms with Gasteiger partial charge in [-0.1, -0.05) is 35.9 Å². The number of rotatable bonds is 7. The summed E-state index contributed by atoms with van der Waals surface area (Å²) < 4.78 is 43.5. The molecule has 3 aromatic rings. The second-order valence-corrected chi connectivity index (χ2v) is 8.92. The van der Waals surface area contributed by atoms with Crippen molar-refractivity contribution < 1.29 is 23.0 Å². The SMILES string of the molecule is O=c1[nH]cnc2c(O)cc(-c3ccccc3COCCC3CCN(CC(F)(F)F)CC3)c(Cl)c12. The maximum atomic E-state index is 12.5. The number of phenols is 1. The number of piperidine rings is 1. The number of phenolic OH excluding ortho intramolecular Hbond substituents is 1. The van der Waals surface area contributed by atoms with Gasteiger partial charge in [0.05, 0.1) is 29.9 Å². The second-order valence-electron chi connectivity index (χ2n) is 8.55. The first-order valence-electron chi connectivity index (χ1n) is 11.1. The molecule has 0 amide bonds. The molecule has 0 saturated carbocycles. The van der Waals surface area contributed by atoms with Crippen molar-refractivity contribution in [1.29, 1.82) is 0 Å². The highest BCUT2D eigenvalue weighted by Gasteiger charge is 2.32. The third-order valence-corrected chi connectivity index (χ3v) is 6.57. The van der Waals surface area contributed by atoms with Gasteiger partial charge in [0.25, 0.3) is 5.56 Å². The van der Waals surface area contributed by atoms with E-state index in [1.165, 1.54) is 17.3 Å². The molecule has 0 unspecified atom stereocenters. The first kappa shape index (κ1) is 24.5. The number of nitrogens with zero attached hydrogens (tertiary/aromatic N) is 2. The van der Waals surface area contributed by atoms with E-state index in [-0.39, 0.29) is 21.7 Å². The van der Waals surface area contributed by atoms with Crippen molar-refractivity contribution in [3.63, 3.8) is 0 Å². The van der Waals surface area contributed by atoms with Crippen molar-refractivity contribution in [2.24, 2.45) is 5.92 Å². The number of ether oxygens (including phenoxy) is 1. The van der Waals surface area contributed by atoms with Crippen LogP contribution < -0.4 is 5.56 Å². The molecule has 1 aliphatic rings. The van der Waals surface area contributed by atoms with Gasteiger partial charge in [0.2, 0.25) is 0 Å². The fourth-order valence-corrected chi connectivity index (χ4v) is 4.76. The molecule has 0 radical (unpaired) electrons. The lowest BCUT2D eigenvalue weighted by Crippen LogP contribution is -2.40. The van der Waals surface area contributed by atoms with Crippen molar-refractivity contribution in [3.05, 3.63) is 57.6 Å². The number of hydrogen-bond donors (Lipinski definition) is 2. The summed E-state index contributed by atoms with van der Waals surface area (Å²) in [5.74, 6) is 0.193. The molecule has 2 N–H and O–H groups in total. The molecule has 0 spiro atoms. The summed E-state index contributed by atoms with van der Waals surface area (Å²) in [6, 6.07) is 8.91. The third kappa shape index (κ3) is 5.71. The summed E-state index contributed by atoms with van der Waals surface area (Å²) in [6.45, 7) is 0.831. The van der Waals surface area contributed by atoms with Gasteiger partial charge in [0, 0.05) is 12.2 Å². The number of benzene rings is 2. The van der Waals surface area contributed by atoms with Crippen molar-refractivity contribution >= 4 is 22.5 Å². The first-order chi connectivity index (χ1) is 16.2. The van der Waals surface area contributed by atoms with E-state index in [1.807, 2.05) is 24.3 Å². The normalized spacial score (nSPS) is 15.8. The van der Waals surface area contributed by atoms with E-state index < -0.39 is 18.3 Å². The van der Waals surface area contributed by atoms with Crippen LogP contribution in [0.4, 0.5) is 13.2 Å². The molecule has 2 heterocycles. The second kappa shape index (κ2) is 10.3. The van der Waals surface area contributed by atoms with Crippen LogP contribution >= 0.6 is 11.6 Å². The third-order valence-electron chi connectivity index (χ3n) is 6.18. The average molecular weight is 496 g/mol. The zero-order valence-corrected chi connectivity index (χ0v) is 19.1. The van der Waals surface area contributed by atoms with Crippen LogP contribution in [-0.4, -0.2) is 52.4 Å². The van der Waals surface area contributed by atoms with Crippen LogP contribution in [0.3, 0.4) is 0 Å². The molecule has 4 rings (SSSR count). The molecular formula is C24H25ClF3N3O3. The van der Waals surface area contributed by atoms with Gasteiger partial charge in [-0.05, 0) is 55.5 Å². The Morgan fingerprint density at radius 1 is 1.21 bits per heavy atom. The van der Waals surface area contributed by atoms with E-state index in [4.69, 9.17) is 16.3 Å². The molecule has 10 heteroatoms. The van der Waals surface area contributed by atoms with Gasteiger partial charge in [-0.3, -0.25) is 9.69 Å². The predicted molar refractivity (Wildman–Crippen MR) is 124 cm³/mol. The van der Waals surface area contributed by atoms with Crippen LogP contribution in [-0.2, 0) is 11.3 Å². The molecule has 0 aliphatic carbocycles. The van der Waals surface area contributed by atoms with E-state index in [0.717, 1.165) is 30.4 Å². The number of aromatic nitrogens is 2. The van der Waals surface area contributed by atoms with Crippen LogP contribution in [0.2, 0.25) is 5.02 Å². The molecule has 1 aromatic heterocycles. The zero-order valence-electron chi connectivity index (χ0n) is 18.4. The van der Waals surface area contributed by atoms with Crippen LogP contribution in [0.1, 0.15) is 24.8 Å². The van der Waals surface area contributed by atoms with Gasteiger partial charge in [-0.15, -0.1) is 0 Å². The van der Waals surface area contributed by atoms with E-state index in [0.29, 0.717) is 37.8 Å². The predicted octanol–water partition coefficient (Wildman–Crippen LogP) is 5.13. The summed E-state index contributed by atoms with van der Waals surface area (Å²) in [5, 5.41) is 10.7. The topological polar surface area (TPSA) is 78.5 Å². The summed E-state index contributed by atoms with van der Waals surface area (Å²) >= 11 is 6.55. The monoisotopic (exact) mass is 495 g/mol. The van der Waals surface area contributed by atoms with Gasteiger partial charge in [-0.25, -0.2) is 4.98 Å². The largest absolute Gasteiger partial charge is 0.506 e. The van der Waals surface area contributed by atoms with Gasteiger partial charge >= 0.3 is 6.18 Å². The quantitative estimate of drug-likeness (QED) is 0.444. The Labute approximate surface area is 199 Å². The van der Waals surface area contributed by atoms with E-state index in [2.05, 4.69) is 9.97 Å². The van der Waals surface area contributed by atoms with Crippen molar-refractivity contribution in [2.45, 2.75) is 32.0 Å². The van der Waals surface area contributed by atoms with Gasteiger partial charge in [-0.2, -0.15) is 13.2 Å². The number of halogens is 4. The number of alkyl halides is 3. The Bertz CT molecular complexity index is 1210. The summed E-state index contributed by atoms with van der Waals surface area (Å²) in [7, 11) is 0. The van der Waals surface area contributed by atoms with Gasteiger partial charge < -0.3 is 14.8 Å². The maximum Gasteiger partial charge on any atom is 0.401 e. The Morgan fingerprint density at radius 3 is 2.68 bits per heavy atom. The highest BCUT2D eigenvalue weighted by Crippen LogP contribution is 2.38. The average Bonchev–Trinajstić information content (AvgIpc) is 2.79. The Morgan fingerprint density at radius 2 is 1.94 bits per heavy atom. The van der Waals surface area contributed by atoms with Gasteiger partial charge in [0.1, 0.15) is 11.3 Å². The number of fused-ring (bicyclic) bond motifs is 1. The molecule has 6 nitrogen and oxygen atoms in total. The van der Waals surface area contributed by atoms with Crippen LogP contribution in [0.25, 0.3) is 22.0 Å². The fourth-order valence-electron chi connectivity index (χ4n) is 4.42. The first-order valence-corrected chi connectivity index (χ1v) is 11.4. The number of hydrogen-bond acceptors (Lipinski definition) is 5. The fraction of sp³-hybridized carbons (Fsp3) is 0.417. The van der Waals surface area contributed by atoms with Crippen LogP contribution in [0.15, 0.2) is 41.5 Å².